The summed E-state index contributed by atoms with van der Waals surface area (Å²) in [5.74, 6) is 0.680. The molecule has 1 aromatic rings. The van der Waals surface area contributed by atoms with Gasteiger partial charge in [0.15, 0.2) is 5.96 Å². The van der Waals surface area contributed by atoms with Gasteiger partial charge in [0.2, 0.25) is 5.91 Å². The van der Waals surface area contributed by atoms with E-state index in [9.17, 15) is 4.79 Å². The maximum absolute atomic E-state index is 11.8. The Morgan fingerprint density at radius 3 is 2.62 bits per heavy atom. The molecule has 0 aliphatic heterocycles. The molecule has 0 atom stereocenters. The number of nitrogens with zero attached hydrogens (tertiary/aromatic N) is 4. The zero-order valence-corrected chi connectivity index (χ0v) is 19.3. The summed E-state index contributed by atoms with van der Waals surface area (Å²) in [5, 5.41) is 4.39. The number of aromatic nitrogens is 1. The molecule has 1 heterocycles. The minimum Gasteiger partial charge on any atom is -0.352 e. The second kappa shape index (κ2) is 10.9. The lowest BCUT2D eigenvalue weighted by Gasteiger charge is -2.22. The SMILES string of the molecule is C=C(C)CNC(=NCC(=O)N(C)C)N(C)Cc1nc2c(s1)CCCC2.I. The van der Waals surface area contributed by atoms with Gasteiger partial charge in [-0.1, -0.05) is 12.2 Å². The van der Waals surface area contributed by atoms with Crippen LogP contribution in [0.2, 0.25) is 0 Å². The van der Waals surface area contributed by atoms with E-state index >= 15 is 0 Å². The van der Waals surface area contributed by atoms with Gasteiger partial charge in [0.25, 0.3) is 0 Å². The first-order valence-electron chi connectivity index (χ1n) is 8.68. The maximum Gasteiger partial charge on any atom is 0.243 e. The highest BCUT2D eigenvalue weighted by Gasteiger charge is 2.17. The highest BCUT2D eigenvalue weighted by atomic mass is 127. The van der Waals surface area contributed by atoms with Gasteiger partial charge in [0.05, 0.1) is 12.2 Å². The summed E-state index contributed by atoms with van der Waals surface area (Å²) in [6.07, 6.45) is 4.76. The van der Waals surface area contributed by atoms with E-state index in [-0.39, 0.29) is 36.4 Å². The van der Waals surface area contributed by atoms with Crippen molar-refractivity contribution in [1.29, 1.82) is 0 Å². The smallest absolute Gasteiger partial charge is 0.243 e. The fraction of sp³-hybridized carbons (Fsp3) is 0.611. The van der Waals surface area contributed by atoms with Gasteiger partial charge in [0.1, 0.15) is 11.6 Å². The number of halogens is 1. The van der Waals surface area contributed by atoms with E-state index in [0.29, 0.717) is 19.0 Å². The molecule has 8 heteroatoms. The number of amides is 1. The maximum atomic E-state index is 11.8. The lowest BCUT2D eigenvalue weighted by atomic mass is 10.0. The first kappa shape index (κ1) is 22.9. The van der Waals surface area contributed by atoms with Crippen molar-refractivity contribution in [1.82, 2.24) is 20.1 Å². The van der Waals surface area contributed by atoms with Crippen LogP contribution in [0.5, 0.6) is 0 Å². The first-order chi connectivity index (χ1) is 11.9. The molecule has 1 aliphatic rings. The van der Waals surface area contributed by atoms with E-state index in [2.05, 4.69) is 16.9 Å². The topological polar surface area (TPSA) is 60.8 Å². The predicted molar refractivity (Wildman–Crippen MR) is 119 cm³/mol. The molecule has 1 N–H and O–H groups in total. The molecule has 0 saturated heterocycles. The molecule has 26 heavy (non-hydrogen) atoms. The molecule has 0 bridgehead atoms. The van der Waals surface area contributed by atoms with E-state index in [1.54, 1.807) is 30.3 Å². The van der Waals surface area contributed by atoms with E-state index in [0.717, 1.165) is 23.4 Å². The van der Waals surface area contributed by atoms with E-state index in [1.165, 1.54) is 23.4 Å². The molecule has 0 unspecified atom stereocenters. The van der Waals surface area contributed by atoms with Crippen molar-refractivity contribution < 1.29 is 4.79 Å². The summed E-state index contributed by atoms with van der Waals surface area (Å²) < 4.78 is 0. The number of guanidine groups is 1. The fourth-order valence-corrected chi connectivity index (χ4v) is 3.79. The molecular formula is C18H30IN5OS. The lowest BCUT2D eigenvalue weighted by Crippen LogP contribution is -2.40. The molecule has 0 radical (unpaired) electrons. The molecule has 2 rings (SSSR count). The average molecular weight is 491 g/mol. The van der Waals surface area contributed by atoms with Crippen LogP contribution in [0.1, 0.15) is 35.3 Å². The second-order valence-electron chi connectivity index (χ2n) is 6.78. The number of fused-ring (bicyclic) bond motifs is 1. The molecule has 0 spiro atoms. The molecule has 1 aliphatic carbocycles. The Morgan fingerprint density at radius 2 is 2.00 bits per heavy atom. The Bertz CT molecular complexity index is 633. The third kappa shape index (κ3) is 6.86. The largest absolute Gasteiger partial charge is 0.352 e. The molecule has 0 saturated carbocycles. The summed E-state index contributed by atoms with van der Waals surface area (Å²) in [7, 11) is 5.45. The summed E-state index contributed by atoms with van der Waals surface area (Å²) >= 11 is 1.81. The normalized spacial score (nSPS) is 13.5. The third-order valence-corrected chi connectivity index (χ3v) is 5.18. The van der Waals surface area contributed by atoms with Crippen LogP contribution >= 0.6 is 35.3 Å². The zero-order valence-electron chi connectivity index (χ0n) is 16.2. The van der Waals surface area contributed by atoms with Crippen LogP contribution in [-0.4, -0.2) is 60.9 Å². The van der Waals surface area contributed by atoms with Crippen molar-refractivity contribution in [2.75, 3.05) is 34.2 Å². The Balaban J connectivity index is 0.00000338. The predicted octanol–water partition coefficient (Wildman–Crippen LogP) is 2.68. The van der Waals surface area contributed by atoms with Gasteiger partial charge in [-0.15, -0.1) is 35.3 Å². The van der Waals surface area contributed by atoms with Gasteiger partial charge in [-0.3, -0.25) is 4.79 Å². The molecular weight excluding hydrogens is 461 g/mol. The van der Waals surface area contributed by atoms with Crippen LogP contribution in [-0.2, 0) is 24.2 Å². The van der Waals surface area contributed by atoms with Crippen molar-refractivity contribution in [3.8, 4) is 0 Å². The molecule has 1 aromatic heterocycles. The van der Waals surface area contributed by atoms with E-state index in [1.807, 2.05) is 18.9 Å². The number of hydrogen-bond acceptors (Lipinski definition) is 4. The Labute approximate surface area is 177 Å². The van der Waals surface area contributed by atoms with Crippen LogP contribution < -0.4 is 5.32 Å². The van der Waals surface area contributed by atoms with Crippen LogP contribution in [0.3, 0.4) is 0 Å². The second-order valence-corrected chi connectivity index (χ2v) is 7.95. The van der Waals surface area contributed by atoms with Crippen LogP contribution in [0, 0.1) is 0 Å². The first-order valence-corrected chi connectivity index (χ1v) is 9.50. The van der Waals surface area contributed by atoms with Crippen molar-refractivity contribution in [3.63, 3.8) is 0 Å². The standard InChI is InChI=1S/C18H29N5OS.HI/c1-13(2)10-19-18(20-11-17(24)22(3)4)23(5)12-16-21-14-8-6-7-9-15(14)25-16;/h1,6-12H2,2-5H3,(H,19,20);1H. The highest BCUT2D eigenvalue weighted by molar-refractivity contribution is 14.0. The van der Waals surface area contributed by atoms with Gasteiger partial charge >= 0.3 is 0 Å². The van der Waals surface area contributed by atoms with Crippen molar-refractivity contribution in [2.45, 2.75) is 39.2 Å². The third-order valence-electron chi connectivity index (χ3n) is 4.04. The highest BCUT2D eigenvalue weighted by Crippen LogP contribution is 2.27. The van der Waals surface area contributed by atoms with Crippen molar-refractivity contribution >= 4 is 47.2 Å². The van der Waals surface area contributed by atoms with Crippen LogP contribution in [0.15, 0.2) is 17.1 Å². The number of aliphatic imine (C=N–C) groups is 1. The molecule has 0 aromatic carbocycles. The molecule has 146 valence electrons. The van der Waals surface area contributed by atoms with E-state index < -0.39 is 0 Å². The van der Waals surface area contributed by atoms with Gasteiger partial charge in [-0.2, -0.15) is 0 Å². The lowest BCUT2D eigenvalue weighted by molar-refractivity contribution is -0.127. The number of nitrogens with one attached hydrogen (secondary N) is 1. The van der Waals surface area contributed by atoms with Crippen LogP contribution in [0.4, 0.5) is 0 Å². The monoisotopic (exact) mass is 491 g/mol. The number of rotatable bonds is 6. The number of carbonyl (C=O) groups excluding carboxylic acids is 1. The fourth-order valence-electron chi connectivity index (χ4n) is 2.58. The Kier molecular flexibility index (Phi) is 9.56. The van der Waals surface area contributed by atoms with Gasteiger partial charge in [-0.25, -0.2) is 9.98 Å². The Morgan fingerprint density at radius 1 is 1.31 bits per heavy atom. The average Bonchev–Trinajstić information content (AvgIpc) is 2.96. The number of aryl methyl sites for hydroxylation is 2. The molecule has 0 fully saturated rings. The summed E-state index contributed by atoms with van der Waals surface area (Å²) in [5.41, 5.74) is 2.29. The number of thiazole rings is 1. The Hall–Kier alpha value is -1.16. The molecule has 1 amide bonds. The summed E-state index contributed by atoms with van der Waals surface area (Å²) in [6.45, 7) is 7.33. The summed E-state index contributed by atoms with van der Waals surface area (Å²) in [6, 6.07) is 0. The minimum atomic E-state index is -0.0206. The quantitative estimate of drug-likeness (QED) is 0.288. The van der Waals surface area contributed by atoms with Gasteiger partial charge in [0, 0.05) is 32.6 Å². The minimum absolute atomic E-state index is 0. The molecule has 6 nitrogen and oxygen atoms in total. The van der Waals surface area contributed by atoms with E-state index in [4.69, 9.17) is 4.98 Å². The van der Waals surface area contributed by atoms with Crippen molar-refractivity contribution in [2.24, 2.45) is 4.99 Å². The summed E-state index contributed by atoms with van der Waals surface area (Å²) in [4.78, 5) is 26.1. The zero-order chi connectivity index (χ0) is 18.4. The number of hydrogen-bond donors (Lipinski definition) is 1. The van der Waals surface area contributed by atoms with Gasteiger partial charge in [-0.05, 0) is 32.6 Å². The van der Waals surface area contributed by atoms with Crippen molar-refractivity contribution in [3.05, 3.63) is 27.7 Å². The van der Waals surface area contributed by atoms with Gasteiger partial charge < -0.3 is 15.1 Å². The van der Waals surface area contributed by atoms with Crippen LogP contribution in [0.25, 0.3) is 0 Å². The number of carbonyl (C=O) groups is 1. The number of likely N-dealkylation sites (N-methyl/N-ethyl adjacent to an activating group) is 1.